The van der Waals surface area contributed by atoms with Crippen molar-refractivity contribution in [1.82, 2.24) is 0 Å². The monoisotopic (exact) mass is 329 g/mol. The zero-order valence-corrected chi connectivity index (χ0v) is 14.3. The highest BCUT2D eigenvalue weighted by molar-refractivity contribution is 5.95. The molecular weight excluding hydrogens is 305 g/mol. The first-order valence-corrected chi connectivity index (χ1v) is 8.09. The molecule has 0 fully saturated rings. The van der Waals surface area contributed by atoms with Crippen molar-refractivity contribution in [2.45, 2.75) is 33.2 Å². The summed E-state index contributed by atoms with van der Waals surface area (Å²) in [5, 5.41) is 6.14. The van der Waals surface area contributed by atoms with Crippen molar-refractivity contribution in [3.63, 3.8) is 0 Å². The smallest absolute Gasteiger partial charge is 0.245 e. The topological polar surface area (TPSA) is 67.1 Å². The SMILES string of the molecule is CCCNc1ccc(NC(=O)C(N)c2ccc(F)c(C)c2)cc1C. The van der Waals surface area contributed by atoms with Crippen LogP contribution in [0.25, 0.3) is 0 Å². The number of hydrogen-bond donors (Lipinski definition) is 3. The number of aryl methyl sites for hydroxylation is 2. The van der Waals surface area contributed by atoms with Crippen molar-refractivity contribution in [1.29, 1.82) is 0 Å². The lowest BCUT2D eigenvalue weighted by Gasteiger charge is -2.15. The molecule has 0 aliphatic carbocycles. The maximum atomic E-state index is 13.3. The standard InChI is InChI=1S/C19H24FN3O/c1-4-9-22-17-8-6-15(11-13(17)3)23-19(24)18(21)14-5-7-16(20)12(2)10-14/h5-8,10-11,18,22H,4,9,21H2,1-3H3,(H,23,24). The fourth-order valence-electron chi connectivity index (χ4n) is 2.43. The molecule has 0 spiro atoms. The molecule has 4 nitrogen and oxygen atoms in total. The Hall–Kier alpha value is -2.40. The van der Waals surface area contributed by atoms with Crippen LogP contribution in [-0.2, 0) is 4.79 Å². The minimum atomic E-state index is -0.845. The summed E-state index contributed by atoms with van der Waals surface area (Å²) in [5.74, 6) is -0.633. The molecular formula is C19H24FN3O. The van der Waals surface area contributed by atoms with E-state index in [1.165, 1.54) is 12.1 Å². The van der Waals surface area contributed by atoms with Crippen molar-refractivity contribution >= 4 is 17.3 Å². The Kier molecular flexibility index (Phi) is 5.93. The van der Waals surface area contributed by atoms with Gasteiger partial charge >= 0.3 is 0 Å². The predicted molar refractivity (Wildman–Crippen MR) is 96.7 cm³/mol. The second-order valence-corrected chi connectivity index (χ2v) is 5.93. The molecule has 1 unspecified atom stereocenters. The molecule has 24 heavy (non-hydrogen) atoms. The second-order valence-electron chi connectivity index (χ2n) is 5.93. The third-order valence-corrected chi connectivity index (χ3v) is 3.88. The zero-order chi connectivity index (χ0) is 17.7. The Balaban J connectivity index is 2.08. The van der Waals surface area contributed by atoms with E-state index in [1.54, 1.807) is 13.0 Å². The van der Waals surface area contributed by atoms with Crippen LogP contribution in [0.4, 0.5) is 15.8 Å². The van der Waals surface area contributed by atoms with Crippen LogP contribution in [0.1, 0.15) is 36.1 Å². The summed E-state index contributed by atoms with van der Waals surface area (Å²) >= 11 is 0. The minimum absolute atomic E-state index is 0.308. The molecule has 0 saturated carbocycles. The van der Waals surface area contributed by atoms with Gasteiger partial charge in [0, 0.05) is 17.9 Å². The first-order valence-electron chi connectivity index (χ1n) is 8.09. The maximum Gasteiger partial charge on any atom is 0.245 e. The Labute approximate surface area is 142 Å². The molecule has 2 aromatic rings. The Morgan fingerprint density at radius 3 is 2.54 bits per heavy atom. The van der Waals surface area contributed by atoms with Gasteiger partial charge in [0.1, 0.15) is 11.9 Å². The first kappa shape index (κ1) is 17.9. The van der Waals surface area contributed by atoms with Crippen molar-refractivity contribution in [3.05, 3.63) is 58.9 Å². The third-order valence-electron chi connectivity index (χ3n) is 3.88. The summed E-state index contributed by atoms with van der Waals surface area (Å²) in [4.78, 5) is 12.3. The average Bonchev–Trinajstić information content (AvgIpc) is 2.56. The molecule has 0 aliphatic rings. The van der Waals surface area contributed by atoms with Crippen LogP contribution in [-0.4, -0.2) is 12.5 Å². The lowest BCUT2D eigenvalue weighted by atomic mass is 10.0. The molecule has 0 heterocycles. The van der Waals surface area contributed by atoms with Crippen LogP contribution in [0.2, 0.25) is 0 Å². The normalized spacial score (nSPS) is 11.9. The van der Waals surface area contributed by atoms with E-state index in [1.807, 2.05) is 25.1 Å². The number of halogens is 1. The number of carbonyl (C=O) groups excluding carboxylic acids is 1. The van der Waals surface area contributed by atoms with Crippen LogP contribution in [0, 0.1) is 19.7 Å². The fourth-order valence-corrected chi connectivity index (χ4v) is 2.43. The van der Waals surface area contributed by atoms with Crippen molar-refractivity contribution in [3.8, 4) is 0 Å². The maximum absolute atomic E-state index is 13.3. The van der Waals surface area contributed by atoms with Gasteiger partial charge in [-0.25, -0.2) is 4.39 Å². The molecule has 128 valence electrons. The van der Waals surface area contributed by atoms with Gasteiger partial charge in [-0.05, 0) is 61.2 Å². The van der Waals surface area contributed by atoms with Crippen LogP contribution in [0.3, 0.4) is 0 Å². The van der Waals surface area contributed by atoms with E-state index in [0.29, 0.717) is 16.8 Å². The first-order chi connectivity index (χ1) is 11.4. The van der Waals surface area contributed by atoms with Crippen molar-refractivity contribution in [2.75, 3.05) is 17.2 Å². The number of hydrogen-bond acceptors (Lipinski definition) is 3. The molecule has 0 aliphatic heterocycles. The van der Waals surface area contributed by atoms with Gasteiger partial charge in [0.2, 0.25) is 5.91 Å². The predicted octanol–water partition coefficient (Wildman–Crippen LogP) is 3.90. The lowest BCUT2D eigenvalue weighted by Crippen LogP contribution is -2.27. The van der Waals surface area contributed by atoms with Gasteiger partial charge in [-0.2, -0.15) is 0 Å². The molecule has 1 atom stereocenters. The molecule has 1 amide bonds. The van der Waals surface area contributed by atoms with Gasteiger partial charge in [-0.1, -0.05) is 19.1 Å². The van der Waals surface area contributed by atoms with Gasteiger partial charge in [-0.15, -0.1) is 0 Å². The Morgan fingerprint density at radius 2 is 1.92 bits per heavy atom. The summed E-state index contributed by atoms with van der Waals surface area (Å²) in [6.07, 6.45) is 1.05. The highest BCUT2D eigenvalue weighted by atomic mass is 19.1. The van der Waals surface area contributed by atoms with Gasteiger partial charge in [0.15, 0.2) is 0 Å². The van der Waals surface area contributed by atoms with Crippen molar-refractivity contribution < 1.29 is 9.18 Å². The van der Waals surface area contributed by atoms with E-state index < -0.39 is 6.04 Å². The second kappa shape index (κ2) is 7.93. The van der Waals surface area contributed by atoms with Crippen LogP contribution < -0.4 is 16.4 Å². The molecule has 0 saturated heterocycles. The summed E-state index contributed by atoms with van der Waals surface area (Å²) in [6.45, 7) is 6.64. The Bertz CT molecular complexity index is 731. The van der Waals surface area contributed by atoms with E-state index in [2.05, 4.69) is 17.6 Å². The van der Waals surface area contributed by atoms with Gasteiger partial charge in [0.25, 0.3) is 0 Å². The summed E-state index contributed by atoms with van der Waals surface area (Å²) in [5.41, 5.74) is 9.84. The summed E-state index contributed by atoms with van der Waals surface area (Å²) in [6, 6.07) is 9.30. The highest BCUT2D eigenvalue weighted by Gasteiger charge is 2.17. The quantitative estimate of drug-likeness (QED) is 0.753. The van der Waals surface area contributed by atoms with E-state index in [4.69, 9.17) is 5.73 Å². The van der Waals surface area contributed by atoms with Crippen LogP contribution in [0.15, 0.2) is 36.4 Å². The van der Waals surface area contributed by atoms with Gasteiger partial charge in [0.05, 0.1) is 0 Å². The van der Waals surface area contributed by atoms with Crippen LogP contribution >= 0.6 is 0 Å². The number of rotatable bonds is 6. The minimum Gasteiger partial charge on any atom is -0.385 e. The number of carbonyl (C=O) groups is 1. The van der Waals surface area contributed by atoms with E-state index >= 15 is 0 Å². The fraction of sp³-hybridized carbons (Fsp3) is 0.316. The van der Waals surface area contributed by atoms with Crippen LogP contribution in [0.5, 0.6) is 0 Å². The molecule has 5 heteroatoms. The highest BCUT2D eigenvalue weighted by Crippen LogP contribution is 2.21. The molecule has 0 bridgehead atoms. The summed E-state index contributed by atoms with van der Waals surface area (Å²) < 4.78 is 13.3. The number of nitrogens with two attached hydrogens (primary N) is 1. The number of amides is 1. The third kappa shape index (κ3) is 4.32. The van der Waals surface area contributed by atoms with E-state index in [9.17, 15) is 9.18 Å². The average molecular weight is 329 g/mol. The Morgan fingerprint density at radius 1 is 1.17 bits per heavy atom. The zero-order valence-electron chi connectivity index (χ0n) is 14.3. The molecule has 2 rings (SSSR count). The molecule has 4 N–H and O–H groups in total. The van der Waals surface area contributed by atoms with Gasteiger partial charge in [-0.3, -0.25) is 4.79 Å². The largest absolute Gasteiger partial charge is 0.385 e. The van der Waals surface area contributed by atoms with E-state index in [-0.39, 0.29) is 11.7 Å². The summed E-state index contributed by atoms with van der Waals surface area (Å²) in [7, 11) is 0. The molecule has 0 aromatic heterocycles. The lowest BCUT2D eigenvalue weighted by molar-refractivity contribution is -0.117. The molecule has 0 radical (unpaired) electrons. The van der Waals surface area contributed by atoms with Gasteiger partial charge < -0.3 is 16.4 Å². The molecule has 2 aromatic carbocycles. The van der Waals surface area contributed by atoms with Crippen molar-refractivity contribution in [2.24, 2.45) is 5.73 Å². The number of benzene rings is 2. The number of anilines is 2. The van der Waals surface area contributed by atoms with E-state index in [0.717, 1.165) is 24.2 Å². The number of nitrogens with one attached hydrogen (secondary N) is 2.